The second-order valence-electron chi connectivity index (χ2n) is 3.12. The average molecular weight is 220 g/mol. The van der Waals surface area contributed by atoms with Crippen molar-refractivity contribution in [1.29, 1.82) is 0 Å². The first-order valence-electron chi connectivity index (χ1n) is 4.31. The third kappa shape index (κ3) is 1.13. The Morgan fingerprint density at radius 2 is 1.93 bits per heavy atom. The molecule has 0 radical (unpaired) electrons. The first-order chi connectivity index (χ1) is 6.86. The van der Waals surface area contributed by atoms with E-state index in [0.717, 1.165) is 5.06 Å². The molecule has 1 nitrogen and oxygen atoms in total. The lowest BCUT2D eigenvalue weighted by atomic mass is 10.2. The molecule has 2 aromatic heterocycles. The largest absolute Gasteiger partial charge is 0.487 e. The van der Waals surface area contributed by atoms with Crippen LogP contribution in [0.3, 0.4) is 0 Å². The van der Waals surface area contributed by atoms with Gasteiger partial charge in [-0.05, 0) is 40.4 Å². The monoisotopic (exact) mass is 220 g/mol. The number of rotatable bonds is 1. The third-order valence-electron chi connectivity index (χ3n) is 2.27. The lowest BCUT2D eigenvalue weighted by molar-refractivity contribution is 0.427. The summed E-state index contributed by atoms with van der Waals surface area (Å²) in [4.78, 5) is 0. The first-order valence-corrected chi connectivity index (χ1v) is 6.01. The summed E-state index contributed by atoms with van der Waals surface area (Å²) in [6.07, 6.45) is 0. The molecule has 14 heavy (non-hydrogen) atoms. The molecular formula is C11H8OS2. The highest BCUT2D eigenvalue weighted by atomic mass is 32.1. The SMILES string of the molecule is COc1cc2cc3sccc3cc2s1. The predicted molar refractivity (Wildman–Crippen MR) is 63.8 cm³/mol. The summed E-state index contributed by atoms with van der Waals surface area (Å²) in [5.41, 5.74) is 0. The highest BCUT2D eigenvalue weighted by Gasteiger charge is 2.03. The molecule has 3 aromatic rings. The maximum absolute atomic E-state index is 5.22. The number of benzene rings is 1. The van der Waals surface area contributed by atoms with Gasteiger partial charge in [0.25, 0.3) is 0 Å². The van der Waals surface area contributed by atoms with Crippen molar-refractivity contribution in [2.75, 3.05) is 7.11 Å². The first kappa shape index (κ1) is 8.26. The van der Waals surface area contributed by atoms with E-state index < -0.39 is 0 Å². The van der Waals surface area contributed by atoms with Gasteiger partial charge < -0.3 is 4.74 Å². The molecule has 3 rings (SSSR count). The molecule has 0 saturated carbocycles. The van der Waals surface area contributed by atoms with Gasteiger partial charge in [-0.15, -0.1) is 11.3 Å². The molecule has 0 fully saturated rings. The Morgan fingerprint density at radius 1 is 1.07 bits per heavy atom. The smallest absolute Gasteiger partial charge is 0.174 e. The molecule has 2 heterocycles. The molecule has 0 atom stereocenters. The van der Waals surface area contributed by atoms with Gasteiger partial charge in [-0.25, -0.2) is 0 Å². The normalized spacial score (nSPS) is 11.2. The van der Waals surface area contributed by atoms with Gasteiger partial charge in [0.1, 0.15) is 0 Å². The maximum atomic E-state index is 5.22. The molecule has 0 spiro atoms. The van der Waals surface area contributed by atoms with E-state index in [1.54, 1.807) is 29.8 Å². The van der Waals surface area contributed by atoms with Crippen LogP contribution in [0.5, 0.6) is 5.06 Å². The van der Waals surface area contributed by atoms with Crippen molar-refractivity contribution in [1.82, 2.24) is 0 Å². The summed E-state index contributed by atoms with van der Waals surface area (Å²) >= 11 is 3.48. The highest BCUT2D eigenvalue weighted by molar-refractivity contribution is 7.21. The van der Waals surface area contributed by atoms with Crippen LogP contribution < -0.4 is 4.74 Å². The van der Waals surface area contributed by atoms with Crippen molar-refractivity contribution in [3.63, 3.8) is 0 Å². The minimum atomic E-state index is 0.984. The van der Waals surface area contributed by atoms with Crippen LogP contribution in [0.25, 0.3) is 20.2 Å². The van der Waals surface area contributed by atoms with Crippen molar-refractivity contribution in [3.8, 4) is 5.06 Å². The third-order valence-corrected chi connectivity index (χ3v) is 4.21. The molecule has 3 heteroatoms. The summed E-state index contributed by atoms with van der Waals surface area (Å²) in [7, 11) is 1.72. The van der Waals surface area contributed by atoms with Crippen LogP contribution >= 0.6 is 22.7 Å². The topological polar surface area (TPSA) is 9.23 Å². The van der Waals surface area contributed by atoms with E-state index in [1.165, 1.54) is 20.2 Å². The molecule has 0 saturated heterocycles. The molecule has 0 aliphatic rings. The highest BCUT2D eigenvalue weighted by Crippen LogP contribution is 2.35. The summed E-state index contributed by atoms with van der Waals surface area (Å²) in [5, 5.41) is 5.72. The molecule has 0 bridgehead atoms. The van der Waals surface area contributed by atoms with E-state index in [4.69, 9.17) is 4.74 Å². The minimum absolute atomic E-state index is 0.984. The van der Waals surface area contributed by atoms with Crippen molar-refractivity contribution >= 4 is 42.8 Å². The van der Waals surface area contributed by atoms with E-state index in [-0.39, 0.29) is 0 Å². The van der Waals surface area contributed by atoms with Crippen LogP contribution in [0.15, 0.2) is 29.6 Å². The lowest BCUT2D eigenvalue weighted by Crippen LogP contribution is -1.73. The molecular weight excluding hydrogens is 212 g/mol. The van der Waals surface area contributed by atoms with E-state index in [1.807, 2.05) is 0 Å². The van der Waals surface area contributed by atoms with Crippen LogP contribution in [0.4, 0.5) is 0 Å². The van der Waals surface area contributed by atoms with Gasteiger partial charge in [0.15, 0.2) is 5.06 Å². The fourth-order valence-corrected chi connectivity index (χ4v) is 3.30. The molecule has 0 N–H and O–H groups in total. The van der Waals surface area contributed by atoms with Crippen LogP contribution in [-0.2, 0) is 0 Å². The van der Waals surface area contributed by atoms with Crippen LogP contribution in [0, 0.1) is 0 Å². The van der Waals surface area contributed by atoms with E-state index in [9.17, 15) is 0 Å². The zero-order valence-corrected chi connectivity index (χ0v) is 9.24. The van der Waals surface area contributed by atoms with Crippen LogP contribution in [0.2, 0.25) is 0 Å². The Balaban J connectivity index is 2.40. The number of methoxy groups -OCH3 is 1. The summed E-state index contributed by atoms with van der Waals surface area (Å²) in [6.45, 7) is 0. The Bertz CT molecular complexity index is 543. The van der Waals surface area contributed by atoms with Gasteiger partial charge in [0.05, 0.1) is 7.11 Å². The Hall–Kier alpha value is -1.06. The second-order valence-corrected chi connectivity index (χ2v) is 5.11. The predicted octanol–water partition coefficient (Wildman–Crippen LogP) is 4.12. The Kier molecular flexibility index (Phi) is 1.75. The number of fused-ring (bicyclic) bond motifs is 2. The van der Waals surface area contributed by atoms with Crippen LogP contribution in [0.1, 0.15) is 0 Å². The molecule has 0 unspecified atom stereocenters. The average Bonchev–Trinajstić information content (AvgIpc) is 2.77. The van der Waals surface area contributed by atoms with Crippen molar-refractivity contribution in [3.05, 3.63) is 29.6 Å². The molecule has 70 valence electrons. The van der Waals surface area contributed by atoms with E-state index in [0.29, 0.717) is 0 Å². The number of ether oxygens (including phenoxy) is 1. The van der Waals surface area contributed by atoms with E-state index in [2.05, 4.69) is 29.6 Å². The number of hydrogen-bond acceptors (Lipinski definition) is 3. The zero-order valence-electron chi connectivity index (χ0n) is 7.61. The minimum Gasteiger partial charge on any atom is -0.487 e. The fraction of sp³-hybridized carbons (Fsp3) is 0.0909. The Labute approximate surface area is 89.6 Å². The second kappa shape index (κ2) is 2.97. The van der Waals surface area contributed by atoms with Crippen molar-refractivity contribution < 1.29 is 4.74 Å². The van der Waals surface area contributed by atoms with Gasteiger partial charge in [-0.3, -0.25) is 0 Å². The molecule has 1 aromatic carbocycles. The molecule has 0 amide bonds. The number of hydrogen-bond donors (Lipinski definition) is 0. The molecule has 0 aliphatic carbocycles. The quantitative estimate of drug-likeness (QED) is 0.599. The van der Waals surface area contributed by atoms with E-state index >= 15 is 0 Å². The van der Waals surface area contributed by atoms with Gasteiger partial charge in [0, 0.05) is 9.40 Å². The standard InChI is InChI=1S/C11H8OS2/c1-12-11-6-8-5-9-7(2-3-13-9)4-10(8)14-11/h2-6H,1H3. The summed E-state index contributed by atoms with van der Waals surface area (Å²) in [5.74, 6) is 0. The van der Waals surface area contributed by atoms with Crippen molar-refractivity contribution in [2.45, 2.75) is 0 Å². The van der Waals surface area contributed by atoms with Gasteiger partial charge in [-0.1, -0.05) is 11.3 Å². The van der Waals surface area contributed by atoms with Crippen LogP contribution in [-0.4, -0.2) is 7.11 Å². The fourth-order valence-electron chi connectivity index (χ4n) is 1.57. The summed E-state index contributed by atoms with van der Waals surface area (Å²) < 4.78 is 7.87. The van der Waals surface area contributed by atoms with Gasteiger partial charge >= 0.3 is 0 Å². The molecule has 0 aliphatic heterocycles. The zero-order chi connectivity index (χ0) is 9.54. The van der Waals surface area contributed by atoms with Crippen molar-refractivity contribution in [2.24, 2.45) is 0 Å². The number of thiophene rings is 2. The summed E-state index contributed by atoms with van der Waals surface area (Å²) in [6, 6.07) is 8.72. The van der Waals surface area contributed by atoms with Gasteiger partial charge in [0.2, 0.25) is 0 Å². The Morgan fingerprint density at radius 3 is 2.79 bits per heavy atom. The van der Waals surface area contributed by atoms with Gasteiger partial charge in [-0.2, -0.15) is 0 Å². The lowest BCUT2D eigenvalue weighted by Gasteiger charge is -1.89. The maximum Gasteiger partial charge on any atom is 0.174 e.